The number of ether oxygens (including phenoxy) is 1. The molecule has 0 amide bonds. The molecule has 0 saturated heterocycles. The molecule has 24 heavy (non-hydrogen) atoms. The molecule has 7 heteroatoms. The van der Waals surface area contributed by atoms with Crippen LogP contribution in [-0.4, -0.2) is 32.6 Å². The van der Waals surface area contributed by atoms with Crippen LogP contribution in [0.3, 0.4) is 0 Å². The highest BCUT2D eigenvalue weighted by atomic mass is 16.5. The van der Waals surface area contributed by atoms with Crippen molar-refractivity contribution in [2.45, 2.75) is 0 Å². The molecule has 0 aliphatic rings. The van der Waals surface area contributed by atoms with E-state index in [4.69, 9.17) is 9.84 Å². The minimum Gasteiger partial charge on any atom is -0.479 e. The van der Waals surface area contributed by atoms with Gasteiger partial charge in [0.15, 0.2) is 18.2 Å². The minimum absolute atomic E-state index is 0.322. The summed E-state index contributed by atoms with van der Waals surface area (Å²) in [5, 5.41) is 11.8. The zero-order valence-electron chi connectivity index (χ0n) is 12.6. The van der Waals surface area contributed by atoms with Gasteiger partial charge in [0.05, 0.1) is 11.4 Å². The van der Waals surface area contributed by atoms with Gasteiger partial charge >= 0.3 is 5.97 Å². The van der Waals surface area contributed by atoms with E-state index in [0.29, 0.717) is 28.8 Å². The summed E-state index contributed by atoms with van der Waals surface area (Å²) >= 11 is 0. The third-order valence-electron chi connectivity index (χ3n) is 3.05. The number of rotatable bonds is 6. The number of carboxylic acid groups (broad SMARTS) is 1. The molecule has 120 valence electrons. The Morgan fingerprint density at radius 2 is 1.79 bits per heavy atom. The van der Waals surface area contributed by atoms with Crippen LogP contribution in [0, 0.1) is 0 Å². The van der Waals surface area contributed by atoms with Gasteiger partial charge in [-0.3, -0.25) is 4.98 Å². The highest BCUT2D eigenvalue weighted by Gasteiger charge is 2.11. The Balaban J connectivity index is 1.95. The van der Waals surface area contributed by atoms with E-state index in [1.165, 1.54) is 0 Å². The molecular formula is C17H14N4O3. The van der Waals surface area contributed by atoms with E-state index in [1.807, 2.05) is 24.3 Å². The summed E-state index contributed by atoms with van der Waals surface area (Å²) < 4.78 is 5.29. The maximum Gasteiger partial charge on any atom is 0.341 e. The van der Waals surface area contributed by atoms with Gasteiger partial charge in [-0.1, -0.05) is 12.1 Å². The maximum absolute atomic E-state index is 10.7. The van der Waals surface area contributed by atoms with E-state index in [1.54, 1.807) is 36.7 Å². The third-order valence-corrected chi connectivity index (χ3v) is 3.05. The number of pyridine rings is 3. The average molecular weight is 322 g/mol. The first kappa shape index (κ1) is 15.4. The van der Waals surface area contributed by atoms with Gasteiger partial charge in [0.25, 0.3) is 0 Å². The molecule has 0 bridgehead atoms. The van der Waals surface area contributed by atoms with Crippen LogP contribution in [0.2, 0.25) is 0 Å². The zero-order chi connectivity index (χ0) is 16.8. The number of hydrogen-bond donors (Lipinski definition) is 2. The number of aliphatic carboxylic acids is 1. The van der Waals surface area contributed by atoms with Crippen molar-refractivity contribution in [3.8, 4) is 17.1 Å². The number of nitrogens with one attached hydrogen (secondary N) is 1. The van der Waals surface area contributed by atoms with Crippen LogP contribution in [0.5, 0.6) is 5.75 Å². The van der Waals surface area contributed by atoms with Gasteiger partial charge in [-0.05, 0) is 36.4 Å². The monoisotopic (exact) mass is 322 g/mol. The average Bonchev–Trinajstić information content (AvgIpc) is 2.62. The summed E-state index contributed by atoms with van der Waals surface area (Å²) in [5.41, 5.74) is 1.34. The van der Waals surface area contributed by atoms with Gasteiger partial charge in [-0.15, -0.1) is 0 Å². The molecule has 2 N–H and O–H groups in total. The van der Waals surface area contributed by atoms with Gasteiger partial charge < -0.3 is 15.2 Å². The van der Waals surface area contributed by atoms with Crippen LogP contribution in [0.15, 0.2) is 60.9 Å². The summed E-state index contributed by atoms with van der Waals surface area (Å²) in [6.45, 7) is -0.457. The zero-order valence-corrected chi connectivity index (χ0v) is 12.6. The lowest BCUT2D eigenvalue weighted by molar-refractivity contribution is -0.139. The van der Waals surface area contributed by atoms with Crippen LogP contribution in [0.1, 0.15) is 0 Å². The highest BCUT2D eigenvalue weighted by molar-refractivity contribution is 5.70. The van der Waals surface area contributed by atoms with Crippen LogP contribution < -0.4 is 10.1 Å². The fourth-order valence-electron chi connectivity index (χ4n) is 2.01. The second kappa shape index (κ2) is 7.19. The van der Waals surface area contributed by atoms with Gasteiger partial charge in [0.2, 0.25) is 0 Å². The first-order chi connectivity index (χ1) is 11.7. The Morgan fingerprint density at radius 3 is 2.46 bits per heavy atom. The number of hydrogen-bond acceptors (Lipinski definition) is 6. The second-order valence-electron chi connectivity index (χ2n) is 4.78. The third kappa shape index (κ3) is 3.83. The maximum atomic E-state index is 10.7. The molecule has 0 spiro atoms. The first-order valence-electron chi connectivity index (χ1n) is 7.17. The number of anilines is 2. The lowest BCUT2D eigenvalue weighted by Gasteiger charge is -2.12. The molecular weight excluding hydrogens is 308 g/mol. The highest BCUT2D eigenvalue weighted by Crippen LogP contribution is 2.28. The molecule has 3 rings (SSSR count). The Kier molecular flexibility index (Phi) is 4.62. The first-order valence-corrected chi connectivity index (χ1v) is 7.17. The summed E-state index contributed by atoms with van der Waals surface area (Å²) in [6.07, 6.45) is 3.32. The van der Waals surface area contributed by atoms with Crippen molar-refractivity contribution < 1.29 is 14.6 Å². The summed E-state index contributed by atoms with van der Waals surface area (Å²) in [4.78, 5) is 23.7. The lowest BCUT2D eigenvalue weighted by Crippen LogP contribution is -2.11. The van der Waals surface area contributed by atoms with Crippen molar-refractivity contribution in [1.29, 1.82) is 0 Å². The van der Waals surface area contributed by atoms with E-state index >= 15 is 0 Å². The molecule has 0 aromatic carbocycles. The predicted octanol–water partition coefficient (Wildman–Crippen LogP) is 2.75. The lowest BCUT2D eigenvalue weighted by atomic mass is 10.2. The Bertz CT molecular complexity index is 826. The molecule has 3 heterocycles. The molecule has 0 radical (unpaired) electrons. The van der Waals surface area contributed by atoms with Gasteiger partial charge in [-0.2, -0.15) is 0 Å². The molecule has 0 saturated carbocycles. The summed E-state index contributed by atoms with van der Waals surface area (Å²) in [5.74, 6) is 0.205. The molecule has 0 fully saturated rings. The van der Waals surface area contributed by atoms with E-state index < -0.39 is 12.6 Å². The van der Waals surface area contributed by atoms with Crippen molar-refractivity contribution in [1.82, 2.24) is 15.0 Å². The van der Waals surface area contributed by atoms with Gasteiger partial charge in [0.1, 0.15) is 5.82 Å². The van der Waals surface area contributed by atoms with Gasteiger partial charge in [0, 0.05) is 12.4 Å². The molecule has 7 nitrogen and oxygen atoms in total. The second-order valence-corrected chi connectivity index (χ2v) is 4.78. The Hall–Kier alpha value is -3.48. The number of nitrogens with zero attached hydrogens (tertiary/aromatic N) is 3. The predicted molar refractivity (Wildman–Crippen MR) is 88.1 cm³/mol. The molecule has 0 unspecified atom stereocenters. The normalized spacial score (nSPS) is 10.2. The summed E-state index contributed by atoms with van der Waals surface area (Å²) in [6, 6.07) is 14.3. The van der Waals surface area contributed by atoms with Crippen molar-refractivity contribution in [3.05, 3.63) is 60.9 Å². The van der Waals surface area contributed by atoms with E-state index in [-0.39, 0.29) is 0 Å². The molecule has 3 aromatic heterocycles. The largest absolute Gasteiger partial charge is 0.479 e. The van der Waals surface area contributed by atoms with Crippen LogP contribution in [0.4, 0.5) is 11.6 Å². The van der Waals surface area contributed by atoms with Crippen molar-refractivity contribution in [2.24, 2.45) is 0 Å². The number of aromatic nitrogens is 3. The number of carboxylic acids is 1. The van der Waals surface area contributed by atoms with Crippen molar-refractivity contribution in [2.75, 3.05) is 11.9 Å². The van der Waals surface area contributed by atoms with Gasteiger partial charge in [-0.25, -0.2) is 14.8 Å². The SMILES string of the molecule is O=C(O)COc1ccc(-c2ccccn2)nc1Nc1ccccn1. The molecule has 0 atom stereocenters. The standard InChI is InChI=1S/C17H14N4O3/c22-16(23)11-24-14-8-7-13(12-5-1-3-9-18-12)20-17(14)21-15-6-2-4-10-19-15/h1-10H,11H2,(H,22,23)(H,19,20,21). The Morgan fingerprint density at radius 1 is 1.00 bits per heavy atom. The number of carbonyl (C=O) groups is 1. The van der Waals surface area contributed by atoms with Crippen LogP contribution in [0.25, 0.3) is 11.4 Å². The summed E-state index contributed by atoms with van der Waals surface area (Å²) in [7, 11) is 0. The van der Waals surface area contributed by atoms with Crippen molar-refractivity contribution >= 4 is 17.6 Å². The fraction of sp³-hybridized carbons (Fsp3) is 0.0588. The van der Waals surface area contributed by atoms with E-state index in [9.17, 15) is 4.79 Å². The smallest absolute Gasteiger partial charge is 0.341 e. The quantitative estimate of drug-likeness (QED) is 0.720. The van der Waals surface area contributed by atoms with Crippen LogP contribution in [-0.2, 0) is 4.79 Å². The Labute approximate surface area is 138 Å². The topological polar surface area (TPSA) is 97.2 Å². The molecule has 0 aliphatic heterocycles. The van der Waals surface area contributed by atoms with Crippen LogP contribution >= 0.6 is 0 Å². The van der Waals surface area contributed by atoms with Crippen molar-refractivity contribution in [3.63, 3.8) is 0 Å². The van der Waals surface area contributed by atoms with E-state index in [2.05, 4.69) is 20.3 Å². The molecule has 3 aromatic rings. The fourth-order valence-corrected chi connectivity index (χ4v) is 2.01. The molecule has 0 aliphatic carbocycles. The van der Waals surface area contributed by atoms with E-state index in [0.717, 1.165) is 0 Å². The minimum atomic E-state index is -1.06.